The quantitative estimate of drug-likeness (QED) is 0.508. The number of amides is 1. The zero-order valence-electron chi connectivity index (χ0n) is 18.3. The van der Waals surface area contributed by atoms with Crippen LogP contribution in [0.4, 0.5) is 0 Å². The van der Waals surface area contributed by atoms with Gasteiger partial charge in [-0.3, -0.25) is 9.48 Å². The van der Waals surface area contributed by atoms with Crippen LogP contribution in [0.1, 0.15) is 51.8 Å². The van der Waals surface area contributed by atoms with E-state index < -0.39 is 0 Å². The largest absolute Gasteiger partial charge is 0.330 e. The lowest BCUT2D eigenvalue weighted by Crippen LogP contribution is -2.31. The van der Waals surface area contributed by atoms with Crippen molar-refractivity contribution in [1.82, 2.24) is 29.3 Å². The third-order valence-electron chi connectivity index (χ3n) is 6.40. The first-order chi connectivity index (χ1) is 14.9. The lowest BCUT2D eigenvalue weighted by Gasteiger charge is -2.26. The summed E-state index contributed by atoms with van der Waals surface area (Å²) in [6, 6.07) is 10.3. The van der Waals surface area contributed by atoms with Crippen LogP contribution in [-0.4, -0.2) is 41.7 Å². The van der Waals surface area contributed by atoms with E-state index in [2.05, 4.69) is 47.2 Å². The van der Waals surface area contributed by atoms with Crippen molar-refractivity contribution in [1.29, 1.82) is 0 Å². The van der Waals surface area contributed by atoms with Crippen LogP contribution in [0.2, 0.25) is 0 Å². The third kappa shape index (κ3) is 3.21. The van der Waals surface area contributed by atoms with Crippen molar-refractivity contribution in [3.8, 4) is 11.3 Å². The summed E-state index contributed by atoms with van der Waals surface area (Å²) in [6.07, 6.45) is 5.55. The minimum absolute atomic E-state index is 0.0391. The molecular weight excluding hydrogens is 388 g/mol. The maximum absolute atomic E-state index is 13.5. The summed E-state index contributed by atoms with van der Waals surface area (Å²) in [4.78, 5) is 19.9. The molecule has 1 atom stereocenters. The van der Waals surface area contributed by atoms with E-state index in [-0.39, 0.29) is 11.9 Å². The van der Waals surface area contributed by atoms with Gasteiger partial charge in [0.05, 0.1) is 17.9 Å². The van der Waals surface area contributed by atoms with Gasteiger partial charge in [-0.1, -0.05) is 23.8 Å². The van der Waals surface area contributed by atoms with Gasteiger partial charge in [0.15, 0.2) is 11.3 Å². The Morgan fingerprint density at radius 3 is 2.74 bits per heavy atom. The molecule has 0 radical (unpaired) electrons. The van der Waals surface area contributed by atoms with Crippen LogP contribution >= 0.6 is 0 Å². The van der Waals surface area contributed by atoms with Gasteiger partial charge >= 0.3 is 0 Å². The monoisotopic (exact) mass is 414 g/mol. The van der Waals surface area contributed by atoms with Gasteiger partial charge in [0.25, 0.3) is 5.91 Å². The van der Waals surface area contributed by atoms with Crippen LogP contribution in [0.15, 0.2) is 42.7 Å². The maximum Gasteiger partial charge on any atom is 0.274 e. The van der Waals surface area contributed by atoms with Crippen LogP contribution < -0.4 is 0 Å². The molecule has 0 spiro atoms. The first kappa shape index (κ1) is 19.5. The molecule has 1 fully saturated rings. The van der Waals surface area contributed by atoms with Crippen LogP contribution in [0.25, 0.3) is 16.9 Å². The topological polar surface area (TPSA) is 68.3 Å². The lowest BCUT2D eigenvalue weighted by molar-refractivity contribution is 0.0729. The van der Waals surface area contributed by atoms with Crippen LogP contribution in [-0.2, 0) is 7.05 Å². The van der Waals surface area contributed by atoms with Crippen molar-refractivity contribution < 1.29 is 4.79 Å². The Labute approximate surface area is 181 Å². The molecule has 0 N–H and O–H groups in total. The normalized spacial score (nSPS) is 16.4. The van der Waals surface area contributed by atoms with Crippen LogP contribution in [0.3, 0.4) is 0 Å². The number of nitrogens with zero attached hydrogens (tertiary/aromatic N) is 6. The van der Waals surface area contributed by atoms with Crippen molar-refractivity contribution in [2.45, 2.75) is 39.7 Å². The van der Waals surface area contributed by atoms with Crippen molar-refractivity contribution in [3.63, 3.8) is 0 Å². The highest BCUT2D eigenvalue weighted by molar-refractivity contribution is 5.94. The maximum atomic E-state index is 13.5. The fourth-order valence-electron chi connectivity index (χ4n) is 4.55. The average Bonchev–Trinajstić information content (AvgIpc) is 3.48. The second-order valence-electron chi connectivity index (χ2n) is 8.41. The van der Waals surface area contributed by atoms with Crippen molar-refractivity contribution >= 4 is 11.6 Å². The van der Waals surface area contributed by atoms with E-state index in [4.69, 9.17) is 0 Å². The molecule has 3 aromatic heterocycles. The Balaban J connectivity index is 1.53. The summed E-state index contributed by atoms with van der Waals surface area (Å²) in [5, 5.41) is 9.02. The van der Waals surface area contributed by atoms with Crippen LogP contribution in [0.5, 0.6) is 0 Å². The molecule has 1 saturated heterocycles. The molecular formula is C24H26N6O. The van der Waals surface area contributed by atoms with Gasteiger partial charge in [-0.2, -0.15) is 10.2 Å². The minimum atomic E-state index is -0.0391. The highest BCUT2D eigenvalue weighted by Crippen LogP contribution is 2.35. The zero-order chi connectivity index (χ0) is 21.7. The van der Waals surface area contributed by atoms with Gasteiger partial charge in [0, 0.05) is 37.1 Å². The summed E-state index contributed by atoms with van der Waals surface area (Å²) in [5.41, 5.74) is 7.65. The highest BCUT2D eigenvalue weighted by atomic mass is 16.2. The molecule has 5 rings (SSSR count). The van der Waals surface area contributed by atoms with Gasteiger partial charge in [0.1, 0.15) is 0 Å². The molecule has 1 aromatic carbocycles. The number of carbonyl (C=O) groups is 1. The summed E-state index contributed by atoms with van der Waals surface area (Å²) < 4.78 is 3.58. The van der Waals surface area contributed by atoms with Gasteiger partial charge in [-0.15, -0.1) is 0 Å². The zero-order valence-corrected chi connectivity index (χ0v) is 18.3. The molecule has 1 aliphatic rings. The molecule has 0 saturated carbocycles. The minimum Gasteiger partial charge on any atom is -0.330 e. The van der Waals surface area contributed by atoms with Crippen molar-refractivity contribution in [2.75, 3.05) is 6.54 Å². The summed E-state index contributed by atoms with van der Waals surface area (Å²) in [7, 11) is 1.91. The molecule has 158 valence electrons. The van der Waals surface area contributed by atoms with Gasteiger partial charge < -0.3 is 4.90 Å². The first-order valence-corrected chi connectivity index (χ1v) is 10.7. The third-order valence-corrected chi connectivity index (χ3v) is 6.40. The molecule has 4 aromatic rings. The Morgan fingerprint density at radius 1 is 1.13 bits per heavy atom. The Bertz CT molecular complexity index is 1300. The number of hydrogen-bond donors (Lipinski definition) is 0. The fraction of sp³-hybridized carbons (Fsp3) is 0.333. The molecule has 4 heterocycles. The SMILES string of the molecule is Cc1ccc(C)c(C2CCCN2C(=O)c2cc3nccc(-c4cnn(C)c4C)n3n2)c1. The van der Waals surface area contributed by atoms with E-state index in [1.165, 1.54) is 16.7 Å². The number of benzene rings is 1. The number of hydrogen-bond acceptors (Lipinski definition) is 4. The van der Waals surface area contributed by atoms with E-state index in [1.54, 1.807) is 16.8 Å². The summed E-state index contributed by atoms with van der Waals surface area (Å²) in [6.45, 7) is 6.98. The molecule has 0 aliphatic carbocycles. The van der Waals surface area contributed by atoms with Gasteiger partial charge in [0.2, 0.25) is 0 Å². The molecule has 7 heteroatoms. The summed E-state index contributed by atoms with van der Waals surface area (Å²) >= 11 is 0. The van der Waals surface area contributed by atoms with E-state index >= 15 is 0 Å². The fourth-order valence-corrected chi connectivity index (χ4v) is 4.55. The van der Waals surface area contributed by atoms with E-state index in [0.717, 1.165) is 36.3 Å². The number of fused-ring (bicyclic) bond motifs is 1. The number of rotatable bonds is 3. The predicted molar refractivity (Wildman–Crippen MR) is 119 cm³/mol. The molecule has 1 amide bonds. The number of likely N-dealkylation sites (tertiary alicyclic amines) is 1. The molecule has 0 bridgehead atoms. The molecule has 1 unspecified atom stereocenters. The number of carbonyl (C=O) groups excluding carboxylic acids is 1. The molecule has 1 aliphatic heterocycles. The second kappa shape index (κ2) is 7.34. The number of aromatic nitrogens is 5. The standard InChI is InChI=1S/C24H26N6O/c1-15-7-8-16(2)18(12-15)21-6-5-11-29(21)24(31)20-13-23-25-10-9-22(30(23)27-20)19-14-26-28(4)17(19)3/h7-10,12-14,21H,5-6,11H2,1-4H3. The second-order valence-corrected chi connectivity index (χ2v) is 8.41. The Kier molecular flexibility index (Phi) is 4.61. The summed E-state index contributed by atoms with van der Waals surface area (Å²) in [5.74, 6) is -0.0391. The van der Waals surface area contributed by atoms with E-state index in [0.29, 0.717) is 11.3 Å². The number of aryl methyl sites for hydroxylation is 3. The lowest BCUT2D eigenvalue weighted by atomic mass is 9.97. The van der Waals surface area contributed by atoms with E-state index in [1.807, 2.05) is 35.8 Å². The smallest absolute Gasteiger partial charge is 0.274 e. The first-order valence-electron chi connectivity index (χ1n) is 10.7. The van der Waals surface area contributed by atoms with Gasteiger partial charge in [-0.05, 0) is 50.8 Å². The average molecular weight is 415 g/mol. The van der Waals surface area contributed by atoms with Crippen molar-refractivity contribution in [2.24, 2.45) is 7.05 Å². The van der Waals surface area contributed by atoms with E-state index in [9.17, 15) is 4.79 Å². The predicted octanol–water partition coefficient (Wildman–Crippen LogP) is 4.03. The van der Waals surface area contributed by atoms with Gasteiger partial charge in [-0.25, -0.2) is 9.50 Å². The Morgan fingerprint density at radius 2 is 1.97 bits per heavy atom. The van der Waals surface area contributed by atoms with Crippen LogP contribution in [0, 0.1) is 20.8 Å². The highest BCUT2D eigenvalue weighted by Gasteiger charge is 2.33. The Hall–Kier alpha value is -3.48. The molecule has 7 nitrogen and oxygen atoms in total. The molecule has 31 heavy (non-hydrogen) atoms. The van der Waals surface area contributed by atoms with Crippen molar-refractivity contribution in [3.05, 3.63) is 70.8 Å².